The van der Waals surface area contributed by atoms with Crippen LogP contribution in [0.15, 0.2) is 18.2 Å². The highest BCUT2D eigenvalue weighted by Gasteiger charge is 2.40. The number of halogens is 1. The maximum Gasteiger partial charge on any atom is 0.307 e. The lowest BCUT2D eigenvalue weighted by Gasteiger charge is -2.38. The monoisotopic (exact) mass is 276 g/mol. The maximum absolute atomic E-state index is 14.0. The van der Waals surface area contributed by atoms with Gasteiger partial charge < -0.3 is 5.11 Å². The maximum atomic E-state index is 14.0. The van der Waals surface area contributed by atoms with E-state index in [1.807, 2.05) is 6.07 Å². The standard InChI is InChI=1S/C17H21FO2/c18-15-8-4-7-13-12(15)9-10-14(17(19)20)16(13)11-5-2-1-3-6-11/h4,7-8,11,14,16H,1-3,5-6,9-10H2,(H,19,20). The van der Waals surface area contributed by atoms with Crippen LogP contribution in [-0.2, 0) is 11.2 Å². The Balaban J connectivity index is 2.01. The Morgan fingerprint density at radius 3 is 2.60 bits per heavy atom. The van der Waals surface area contributed by atoms with Gasteiger partial charge in [0.15, 0.2) is 0 Å². The Labute approximate surface area is 119 Å². The lowest BCUT2D eigenvalue weighted by atomic mass is 9.65. The lowest BCUT2D eigenvalue weighted by Crippen LogP contribution is -2.33. The first-order valence-electron chi connectivity index (χ1n) is 7.68. The van der Waals surface area contributed by atoms with Gasteiger partial charge in [-0.2, -0.15) is 0 Å². The first-order valence-corrected chi connectivity index (χ1v) is 7.68. The Bertz CT molecular complexity index is 506. The summed E-state index contributed by atoms with van der Waals surface area (Å²) in [6.07, 6.45) is 6.91. The molecule has 2 unspecified atom stereocenters. The summed E-state index contributed by atoms with van der Waals surface area (Å²) >= 11 is 0. The molecule has 20 heavy (non-hydrogen) atoms. The minimum Gasteiger partial charge on any atom is -0.481 e. The van der Waals surface area contributed by atoms with Crippen molar-refractivity contribution in [2.75, 3.05) is 0 Å². The third-order valence-electron chi connectivity index (χ3n) is 5.13. The van der Waals surface area contributed by atoms with Gasteiger partial charge in [-0.3, -0.25) is 4.79 Å². The summed E-state index contributed by atoms with van der Waals surface area (Å²) in [5.74, 6) is -0.798. The highest BCUT2D eigenvalue weighted by molar-refractivity contribution is 5.72. The largest absolute Gasteiger partial charge is 0.481 e. The SMILES string of the molecule is O=C(O)C1CCc2c(F)cccc2C1C1CCCCC1. The average Bonchev–Trinajstić information content (AvgIpc) is 2.47. The molecule has 0 radical (unpaired) electrons. The number of benzene rings is 1. The molecule has 1 fully saturated rings. The molecule has 0 amide bonds. The van der Waals surface area contributed by atoms with E-state index in [0.29, 0.717) is 18.8 Å². The van der Waals surface area contributed by atoms with Crippen molar-refractivity contribution in [3.05, 3.63) is 35.1 Å². The highest BCUT2D eigenvalue weighted by Crippen LogP contribution is 2.46. The van der Waals surface area contributed by atoms with Crippen LogP contribution in [0.3, 0.4) is 0 Å². The van der Waals surface area contributed by atoms with Crippen LogP contribution in [0.25, 0.3) is 0 Å². The van der Waals surface area contributed by atoms with Gasteiger partial charge in [-0.25, -0.2) is 4.39 Å². The Morgan fingerprint density at radius 1 is 1.15 bits per heavy atom. The van der Waals surface area contributed by atoms with Gasteiger partial charge in [0.05, 0.1) is 5.92 Å². The van der Waals surface area contributed by atoms with Crippen LogP contribution in [0.1, 0.15) is 55.6 Å². The molecule has 1 aromatic rings. The molecule has 3 rings (SSSR count). The normalized spacial score (nSPS) is 27.1. The molecule has 2 atom stereocenters. The van der Waals surface area contributed by atoms with Gasteiger partial charge in [0.1, 0.15) is 5.82 Å². The van der Waals surface area contributed by atoms with E-state index < -0.39 is 5.97 Å². The van der Waals surface area contributed by atoms with Crippen molar-refractivity contribution in [1.82, 2.24) is 0 Å². The van der Waals surface area contributed by atoms with Gasteiger partial charge in [0.2, 0.25) is 0 Å². The number of carboxylic acid groups (broad SMARTS) is 1. The molecule has 0 spiro atoms. The van der Waals surface area contributed by atoms with Gasteiger partial charge in [0.25, 0.3) is 0 Å². The van der Waals surface area contributed by atoms with Gasteiger partial charge in [-0.15, -0.1) is 0 Å². The predicted molar refractivity (Wildman–Crippen MR) is 75.2 cm³/mol. The summed E-state index contributed by atoms with van der Waals surface area (Å²) in [6, 6.07) is 5.18. The van der Waals surface area contributed by atoms with E-state index in [1.54, 1.807) is 6.07 Å². The second-order valence-corrected chi connectivity index (χ2v) is 6.21. The molecule has 1 saturated carbocycles. The van der Waals surface area contributed by atoms with Crippen molar-refractivity contribution in [1.29, 1.82) is 0 Å². The zero-order chi connectivity index (χ0) is 14.1. The van der Waals surface area contributed by atoms with Crippen LogP contribution >= 0.6 is 0 Å². The lowest BCUT2D eigenvalue weighted by molar-refractivity contribution is -0.143. The number of rotatable bonds is 2. The molecule has 2 nitrogen and oxygen atoms in total. The van der Waals surface area contributed by atoms with Crippen molar-refractivity contribution in [2.24, 2.45) is 11.8 Å². The molecule has 3 heteroatoms. The van der Waals surface area contributed by atoms with E-state index in [4.69, 9.17) is 0 Å². The van der Waals surface area contributed by atoms with Crippen molar-refractivity contribution < 1.29 is 14.3 Å². The highest BCUT2D eigenvalue weighted by atomic mass is 19.1. The summed E-state index contributed by atoms with van der Waals surface area (Å²) < 4.78 is 14.0. The summed E-state index contributed by atoms with van der Waals surface area (Å²) in [6.45, 7) is 0. The average molecular weight is 276 g/mol. The van der Waals surface area contributed by atoms with Gasteiger partial charge in [0, 0.05) is 5.92 Å². The van der Waals surface area contributed by atoms with E-state index in [2.05, 4.69) is 0 Å². The molecule has 0 aromatic heterocycles. The molecule has 1 aromatic carbocycles. The molecule has 0 bridgehead atoms. The second-order valence-electron chi connectivity index (χ2n) is 6.21. The molecule has 0 heterocycles. The van der Waals surface area contributed by atoms with E-state index in [0.717, 1.165) is 24.0 Å². The molecule has 2 aliphatic carbocycles. The predicted octanol–water partition coefficient (Wildman–Crippen LogP) is 4.14. The molecule has 0 saturated heterocycles. The fourth-order valence-corrected chi connectivity index (χ4v) is 4.20. The van der Waals surface area contributed by atoms with Crippen LogP contribution in [-0.4, -0.2) is 11.1 Å². The molecule has 1 N–H and O–H groups in total. The quantitative estimate of drug-likeness (QED) is 0.881. The first kappa shape index (κ1) is 13.6. The number of fused-ring (bicyclic) bond motifs is 1. The number of hydrogen-bond acceptors (Lipinski definition) is 1. The Hall–Kier alpha value is -1.38. The van der Waals surface area contributed by atoms with E-state index >= 15 is 0 Å². The van der Waals surface area contributed by atoms with Crippen molar-refractivity contribution in [3.63, 3.8) is 0 Å². The molecule has 108 valence electrons. The summed E-state index contributed by atoms with van der Waals surface area (Å²) in [5, 5.41) is 9.54. The van der Waals surface area contributed by atoms with Gasteiger partial charge in [-0.1, -0.05) is 31.4 Å². The fraction of sp³-hybridized carbons (Fsp3) is 0.588. The number of carboxylic acids is 1. The molecular formula is C17H21FO2. The van der Waals surface area contributed by atoms with Crippen LogP contribution in [0.4, 0.5) is 4.39 Å². The number of aliphatic carboxylic acids is 1. The zero-order valence-electron chi connectivity index (χ0n) is 11.6. The molecule has 2 aliphatic rings. The van der Waals surface area contributed by atoms with Crippen molar-refractivity contribution in [2.45, 2.75) is 50.9 Å². The third-order valence-corrected chi connectivity index (χ3v) is 5.13. The smallest absolute Gasteiger partial charge is 0.307 e. The van der Waals surface area contributed by atoms with Gasteiger partial charge in [-0.05, 0) is 48.8 Å². The minimum atomic E-state index is -0.713. The van der Waals surface area contributed by atoms with Crippen LogP contribution < -0.4 is 0 Å². The first-order chi connectivity index (χ1) is 9.68. The van der Waals surface area contributed by atoms with Crippen LogP contribution in [0, 0.1) is 17.7 Å². The summed E-state index contributed by atoms with van der Waals surface area (Å²) in [7, 11) is 0. The number of carbonyl (C=O) groups is 1. The van der Waals surface area contributed by atoms with Crippen LogP contribution in [0.2, 0.25) is 0 Å². The molecule has 0 aliphatic heterocycles. The van der Waals surface area contributed by atoms with Crippen molar-refractivity contribution in [3.8, 4) is 0 Å². The zero-order valence-corrected chi connectivity index (χ0v) is 11.6. The third kappa shape index (κ3) is 2.34. The van der Waals surface area contributed by atoms with E-state index in [1.165, 1.54) is 25.3 Å². The van der Waals surface area contributed by atoms with E-state index in [-0.39, 0.29) is 17.7 Å². The second kappa shape index (κ2) is 5.55. The fourth-order valence-electron chi connectivity index (χ4n) is 4.20. The van der Waals surface area contributed by atoms with Gasteiger partial charge >= 0.3 is 5.97 Å². The summed E-state index contributed by atoms with van der Waals surface area (Å²) in [5.41, 5.74) is 1.73. The topological polar surface area (TPSA) is 37.3 Å². The Morgan fingerprint density at radius 2 is 1.90 bits per heavy atom. The van der Waals surface area contributed by atoms with Crippen molar-refractivity contribution >= 4 is 5.97 Å². The van der Waals surface area contributed by atoms with Crippen LogP contribution in [0.5, 0.6) is 0 Å². The molecular weight excluding hydrogens is 255 g/mol. The number of hydrogen-bond donors (Lipinski definition) is 1. The minimum absolute atomic E-state index is 0.00671. The Kier molecular flexibility index (Phi) is 3.77. The van der Waals surface area contributed by atoms with E-state index in [9.17, 15) is 14.3 Å². The summed E-state index contributed by atoms with van der Waals surface area (Å²) in [4.78, 5) is 11.6.